The smallest absolute Gasteiger partial charge is 0.337 e. The SMILES string of the molecule is COC(=O)CCN1O[C@H](C(=O)OC)C[C@@H]1/C=C/c1ccccc1. The van der Waals surface area contributed by atoms with Crippen molar-refractivity contribution in [3.05, 3.63) is 42.0 Å². The first-order valence-corrected chi connectivity index (χ1v) is 7.45. The summed E-state index contributed by atoms with van der Waals surface area (Å²) in [5, 5.41) is 1.64. The topological polar surface area (TPSA) is 65.1 Å². The van der Waals surface area contributed by atoms with Gasteiger partial charge in [0, 0.05) is 13.0 Å². The quantitative estimate of drug-likeness (QED) is 0.745. The molecule has 1 saturated heterocycles. The van der Waals surface area contributed by atoms with E-state index in [2.05, 4.69) is 4.74 Å². The molecular formula is C17H21NO5. The van der Waals surface area contributed by atoms with Crippen molar-refractivity contribution in [2.45, 2.75) is 25.0 Å². The monoisotopic (exact) mass is 319 g/mol. The van der Waals surface area contributed by atoms with Gasteiger partial charge in [0.15, 0.2) is 6.10 Å². The highest BCUT2D eigenvalue weighted by Crippen LogP contribution is 2.24. The lowest BCUT2D eigenvalue weighted by Gasteiger charge is -2.19. The molecule has 0 saturated carbocycles. The number of nitrogens with zero attached hydrogens (tertiary/aromatic N) is 1. The Bertz CT molecular complexity index is 557. The Morgan fingerprint density at radius 1 is 1.26 bits per heavy atom. The van der Waals surface area contributed by atoms with Gasteiger partial charge in [0.25, 0.3) is 0 Å². The summed E-state index contributed by atoms with van der Waals surface area (Å²) in [6.45, 7) is 0.351. The number of methoxy groups -OCH3 is 2. The van der Waals surface area contributed by atoms with E-state index in [0.29, 0.717) is 13.0 Å². The number of benzene rings is 1. The minimum atomic E-state index is -0.650. The van der Waals surface area contributed by atoms with Crippen LogP contribution in [0.4, 0.5) is 0 Å². The van der Waals surface area contributed by atoms with Crippen LogP contribution in [0.15, 0.2) is 36.4 Å². The molecule has 23 heavy (non-hydrogen) atoms. The summed E-state index contributed by atoms with van der Waals surface area (Å²) in [5.74, 6) is -0.732. The Hall–Kier alpha value is -2.18. The Labute approximate surface area is 135 Å². The number of carbonyl (C=O) groups is 2. The molecule has 0 aliphatic carbocycles. The third-order valence-electron chi connectivity index (χ3n) is 3.63. The van der Waals surface area contributed by atoms with Gasteiger partial charge < -0.3 is 9.47 Å². The van der Waals surface area contributed by atoms with Crippen LogP contribution in [0.3, 0.4) is 0 Å². The van der Waals surface area contributed by atoms with E-state index < -0.39 is 12.1 Å². The number of hydroxylamine groups is 2. The predicted molar refractivity (Wildman–Crippen MR) is 84.1 cm³/mol. The summed E-state index contributed by atoms with van der Waals surface area (Å²) in [6, 6.07) is 9.73. The summed E-state index contributed by atoms with van der Waals surface area (Å²) >= 11 is 0. The second kappa shape index (κ2) is 8.45. The van der Waals surface area contributed by atoms with Gasteiger partial charge in [-0.05, 0) is 5.56 Å². The third-order valence-corrected chi connectivity index (χ3v) is 3.63. The van der Waals surface area contributed by atoms with E-state index in [1.54, 1.807) is 5.06 Å². The molecule has 1 fully saturated rings. The predicted octanol–water partition coefficient (Wildman–Crippen LogP) is 1.81. The Morgan fingerprint density at radius 2 is 2.00 bits per heavy atom. The van der Waals surface area contributed by atoms with Crippen LogP contribution in [0.25, 0.3) is 6.08 Å². The largest absolute Gasteiger partial charge is 0.469 e. The summed E-state index contributed by atoms with van der Waals surface area (Å²) in [7, 11) is 2.68. The van der Waals surface area contributed by atoms with Gasteiger partial charge in [-0.2, -0.15) is 5.06 Å². The first kappa shape index (κ1) is 17.2. The van der Waals surface area contributed by atoms with Crippen LogP contribution < -0.4 is 0 Å². The van der Waals surface area contributed by atoms with Crippen LogP contribution in [0, 0.1) is 0 Å². The van der Waals surface area contributed by atoms with E-state index in [1.807, 2.05) is 42.5 Å². The number of hydrogen-bond donors (Lipinski definition) is 0. The Kier molecular flexibility index (Phi) is 6.31. The molecule has 2 atom stereocenters. The third kappa shape index (κ3) is 4.91. The summed E-state index contributed by atoms with van der Waals surface area (Å²) in [6.07, 6.45) is 3.97. The van der Waals surface area contributed by atoms with E-state index in [0.717, 1.165) is 5.56 Å². The first-order valence-electron chi connectivity index (χ1n) is 7.45. The number of ether oxygens (including phenoxy) is 2. The average molecular weight is 319 g/mol. The first-order chi connectivity index (χ1) is 11.1. The van der Waals surface area contributed by atoms with E-state index in [9.17, 15) is 9.59 Å². The van der Waals surface area contributed by atoms with Crippen molar-refractivity contribution in [3.8, 4) is 0 Å². The molecule has 0 N–H and O–H groups in total. The minimum Gasteiger partial charge on any atom is -0.469 e. The van der Waals surface area contributed by atoms with Gasteiger partial charge in [0.05, 0.1) is 26.7 Å². The zero-order valence-electron chi connectivity index (χ0n) is 13.3. The van der Waals surface area contributed by atoms with Crippen molar-refractivity contribution in [3.63, 3.8) is 0 Å². The maximum absolute atomic E-state index is 11.7. The minimum absolute atomic E-state index is 0.107. The second-order valence-electron chi connectivity index (χ2n) is 5.16. The van der Waals surface area contributed by atoms with Crippen LogP contribution >= 0.6 is 0 Å². The van der Waals surface area contributed by atoms with Gasteiger partial charge in [-0.15, -0.1) is 0 Å². The lowest BCUT2D eigenvalue weighted by molar-refractivity contribution is -0.186. The summed E-state index contributed by atoms with van der Waals surface area (Å²) < 4.78 is 9.37. The highest BCUT2D eigenvalue weighted by atomic mass is 16.7. The zero-order chi connectivity index (χ0) is 16.7. The normalized spacial score (nSPS) is 21.5. The summed E-state index contributed by atoms with van der Waals surface area (Å²) in [4.78, 5) is 28.6. The second-order valence-corrected chi connectivity index (χ2v) is 5.16. The molecule has 0 amide bonds. The molecule has 6 heteroatoms. The van der Waals surface area contributed by atoms with E-state index >= 15 is 0 Å². The van der Waals surface area contributed by atoms with E-state index in [4.69, 9.17) is 9.57 Å². The van der Waals surface area contributed by atoms with Crippen molar-refractivity contribution >= 4 is 18.0 Å². The lowest BCUT2D eigenvalue weighted by Crippen LogP contribution is -2.30. The molecule has 0 spiro atoms. The number of esters is 2. The molecule has 0 radical (unpaired) electrons. The standard InChI is InChI=1S/C17H21NO5/c1-21-16(19)10-11-18-14(12-15(23-18)17(20)22-2)9-8-13-6-4-3-5-7-13/h3-9,14-15H,10-12H2,1-2H3/b9-8+/t14-,15-/m0/s1. The molecule has 6 nitrogen and oxygen atoms in total. The van der Waals surface area contributed by atoms with Crippen LogP contribution in [-0.4, -0.2) is 49.9 Å². The number of rotatable bonds is 6. The van der Waals surface area contributed by atoms with Crippen molar-refractivity contribution in [1.82, 2.24) is 5.06 Å². The van der Waals surface area contributed by atoms with Gasteiger partial charge in [-0.25, -0.2) is 4.79 Å². The molecule has 0 unspecified atom stereocenters. The van der Waals surface area contributed by atoms with Crippen LogP contribution in [-0.2, 0) is 23.9 Å². The molecular weight excluding hydrogens is 298 g/mol. The van der Waals surface area contributed by atoms with Crippen molar-refractivity contribution < 1.29 is 23.9 Å². The fourth-order valence-electron chi connectivity index (χ4n) is 2.38. The maximum atomic E-state index is 11.7. The van der Waals surface area contributed by atoms with Gasteiger partial charge in [0.2, 0.25) is 0 Å². The number of carbonyl (C=O) groups excluding carboxylic acids is 2. The van der Waals surface area contributed by atoms with Gasteiger partial charge in [0.1, 0.15) is 0 Å². The molecule has 1 aliphatic heterocycles. The lowest BCUT2D eigenvalue weighted by atomic mass is 10.1. The zero-order valence-corrected chi connectivity index (χ0v) is 13.3. The van der Waals surface area contributed by atoms with Crippen LogP contribution in [0.5, 0.6) is 0 Å². The molecule has 2 rings (SSSR count). The van der Waals surface area contributed by atoms with Gasteiger partial charge >= 0.3 is 11.9 Å². The molecule has 1 aromatic rings. The van der Waals surface area contributed by atoms with Crippen LogP contribution in [0.2, 0.25) is 0 Å². The van der Waals surface area contributed by atoms with Crippen LogP contribution in [0.1, 0.15) is 18.4 Å². The average Bonchev–Trinajstić information content (AvgIpc) is 3.01. The van der Waals surface area contributed by atoms with Gasteiger partial charge in [-0.1, -0.05) is 42.5 Å². The van der Waals surface area contributed by atoms with Gasteiger partial charge in [-0.3, -0.25) is 9.63 Å². The summed E-state index contributed by atoms with van der Waals surface area (Å²) in [5.41, 5.74) is 1.06. The maximum Gasteiger partial charge on any atom is 0.337 e. The fourth-order valence-corrected chi connectivity index (χ4v) is 2.38. The molecule has 0 aromatic heterocycles. The van der Waals surface area contributed by atoms with Crippen molar-refractivity contribution in [1.29, 1.82) is 0 Å². The van der Waals surface area contributed by atoms with E-state index in [1.165, 1.54) is 14.2 Å². The number of hydrogen-bond acceptors (Lipinski definition) is 6. The molecule has 1 heterocycles. The Morgan fingerprint density at radius 3 is 2.65 bits per heavy atom. The highest BCUT2D eigenvalue weighted by Gasteiger charge is 2.37. The van der Waals surface area contributed by atoms with Crippen molar-refractivity contribution in [2.24, 2.45) is 0 Å². The molecule has 1 aliphatic rings. The fraction of sp³-hybridized carbons (Fsp3) is 0.412. The Balaban J connectivity index is 2.04. The molecule has 1 aromatic carbocycles. The highest BCUT2D eigenvalue weighted by molar-refractivity contribution is 5.75. The molecule has 0 bridgehead atoms. The van der Waals surface area contributed by atoms with E-state index in [-0.39, 0.29) is 18.4 Å². The molecule has 124 valence electrons. The van der Waals surface area contributed by atoms with Crippen molar-refractivity contribution in [2.75, 3.05) is 20.8 Å².